The molecule has 0 saturated carbocycles. The van der Waals surface area contributed by atoms with Crippen LogP contribution < -0.4 is 15.0 Å². The fraction of sp³-hybridized carbons (Fsp3) is 0.385. The first-order chi connectivity index (χ1) is 17.4. The van der Waals surface area contributed by atoms with E-state index < -0.39 is 28.7 Å². The average molecular weight is 497 g/mol. The maximum absolute atomic E-state index is 13.5. The van der Waals surface area contributed by atoms with Gasteiger partial charge in [0, 0.05) is 31.1 Å². The maximum atomic E-state index is 13.5. The molecule has 3 aromatic rings. The highest BCUT2D eigenvalue weighted by Crippen LogP contribution is 2.37. The van der Waals surface area contributed by atoms with E-state index in [1.54, 1.807) is 24.3 Å². The normalized spacial score (nSPS) is 15.2. The quantitative estimate of drug-likeness (QED) is 0.509. The number of aromatic nitrogens is 3. The highest BCUT2D eigenvalue weighted by Gasteiger charge is 2.34. The SMILES string of the molecule is CCCCc1nc(=O)c(C(=O)N2CCC(c3ccc(F)cn3)C2)c(O)n1-c1c(OC)cccc1OC. The summed E-state index contributed by atoms with van der Waals surface area (Å²) in [6, 6.07) is 8.05. The monoisotopic (exact) mass is 496 g/mol. The molecule has 1 saturated heterocycles. The minimum Gasteiger partial charge on any atom is -0.494 e. The number of hydrogen-bond donors (Lipinski definition) is 1. The third-order valence-electron chi connectivity index (χ3n) is 6.38. The lowest BCUT2D eigenvalue weighted by Crippen LogP contribution is -2.35. The topological polar surface area (TPSA) is 107 Å². The van der Waals surface area contributed by atoms with E-state index in [2.05, 4.69) is 9.97 Å². The van der Waals surface area contributed by atoms with Gasteiger partial charge in [0.1, 0.15) is 28.8 Å². The lowest BCUT2D eigenvalue weighted by Gasteiger charge is -2.22. The number of amides is 1. The van der Waals surface area contributed by atoms with Crippen molar-refractivity contribution >= 4 is 5.91 Å². The summed E-state index contributed by atoms with van der Waals surface area (Å²) in [5.41, 5.74) is -0.199. The van der Waals surface area contributed by atoms with Crippen LogP contribution >= 0.6 is 0 Å². The van der Waals surface area contributed by atoms with Crippen LogP contribution in [-0.2, 0) is 6.42 Å². The van der Waals surface area contributed by atoms with Crippen molar-refractivity contribution in [2.75, 3.05) is 27.3 Å². The maximum Gasteiger partial charge on any atom is 0.289 e. The molecular formula is C26H29FN4O5. The van der Waals surface area contributed by atoms with Crippen molar-refractivity contribution in [1.82, 2.24) is 19.4 Å². The fourth-order valence-corrected chi connectivity index (χ4v) is 4.50. The minimum atomic E-state index is -0.794. The number of unbranched alkanes of at least 4 members (excludes halogenated alkanes) is 1. The molecule has 1 N–H and O–H groups in total. The molecule has 0 bridgehead atoms. The number of halogens is 1. The Kier molecular flexibility index (Phi) is 7.52. The summed E-state index contributed by atoms with van der Waals surface area (Å²) in [5.74, 6) is -0.615. The Balaban J connectivity index is 1.78. The first-order valence-electron chi connectivity index (χ1n) is 11.9. The van der Waals surface area contributed by atoms with E-state index in [0.717, 1.165) is 19.0 Å². The number of likely N-dealkylation sites (tertiary alicyclic amines) is 1. The number of ether oxygens (including phenoxy) is 2. The first-order valence-corrected chi connectivity index (χ1v) is 11.9. The van der Waals surface area contributed by atoms with Crippen molar-refractivity contribution in [3.63, 3.8) is 0 Å². The number of aromatic hydroxyl groups is 1. The molecule has 1 unspecified atom stereocenters. The summed E-state index contributed by atoms with van der Waals surface area (Å²) in [4.78, 5) is 36.4. The predicted octanol–water partition coefficient (Wildman–Crippen LogP) is 3.46. The second kappa shape index (κ2) is 10.8. The van der Waals surface area contributed by atoms with Crippen LogP contribution in [0.3, 0.4) is 0 Å². The van der Waals surface area contributed by atoms with Crippen LogP contribution in [0.5, 0.6) is 17.4 Å². The molecule has 1 aliphatic heterocycles. The standard InChI is InChI=1S/C26H29FN4O5/c1-4-5-9-21-29-24(32)22(26(34)31(21)23-19(35-2)7-6-8-20(23)36-3)25(33)30-13-12-16(15-30)18-11-10-17(27)14-28-18/h6-8,10-11,14,16,34H,4-5,9,12-13,15H2,1-3H3. The number of aryl methyl sites for hydroxylation is 1. The number of rotatable bonds is 8. The van der Waals surface area contributed by atoms with E-state index in [4.69, 9.17) is 9.47 Å². The minimum absolute atomic E-state index is 0.106. The highest BCUT2D eigenvalue weighted by molar-refractivity contribution is 5.96. The third kappa shape index (κ3) is 4.75. The molecule has 0 aliphatic carbocycles. The van der Waals surface area contributed by atoms with E-state index in [1.165, 1.54) is 29.8 Å². The molecular weight excluding hydrogens is 467 g/mol. The van der Waals surface area contributed by atoms with Crippen molar-refractivity contribution in [1.29, 1.82) is 0 Å². The summed E-state index contributed by atoms with van der Waals surface area (Å²) in [6.07, 6.45) is 3.70. The summed E-state index contributed by atoms with van der Waals surface area (Å²) < 4.78 is 25.7. The van der Waals surface area contributed by atoms with E-state index in [0.29, 0.717) is 48.1 Å². The van der Waals surface area contributed by atoms with Crippen molar-refractivity contribution in [2.24, 2.45) is 0 Å². The zero-order chi connectivity index (χ0) is 25.8. The molecule has 1 aromatic carbocycles. The van der Waals surface area contributed by atoms with Crippen LogP contribution in [0.25, 0.3) is 5.69 Å². The number of benzene rings is 1. The zero-order valence-electron chi connectivity index (χ0n) is 20.5. The van der Waals surface area contributed by atoms with Crippen LogP contribution in [0, 0.1) is 5.82 Å². The largest absolute Gasteiger partial charge is 0.494 e. The second-order valence-electron chi connectivity index (χ2n) is 8.62. The number of carbonyl (C=O) groups excluding carboxylic acids is 1. The number of nitrogens with zero attached hydrogens (tertiary/aromatic N) is 4. The van der Waals surface area contributed by atoms with E-state index in [9.17, 15) is 19.1 Å². The van der Waals surface area contributed by atoms with Gasteiger partial charge in [-0.3, -0.25) is 19.1 Å². The summed E-state index contributed by atoms with van der Waals surface area (Å²) in [7, 11) is 2.97. The Morgan fingerprint density at radius 1 is 1.19 bits per heavy atom. The first kappa shape index (κ1) is 25.2. The summed E-state index contributed by atoms with van der Waals surface area (Å²) >= 11 is 0. The zero-order valence-corrected chi connectivity index (χ0v) is 20.5. The van der Waals surface area contributed by atoms with Crippen LogP contribution in [0.2, 0.25) is 0 Å². The molecule has 0 spiro atoms. The van der Waals surface area contributed by atoms with Gasteiger partial charge in [-0.25, -0.2) is 4.39 Å². The van der Waals surface area contributed by atoms with Crippen LogP contribution in [0.4, 0.5) is 4.39 Å². The van der Waals surface area contributed by atoms with Gasteiger partial charge in [0.15, 0.2) is 5.56 Å². The number of para-hydroxylation sites is 1. The Hall–Kier alpha value is -3.95. The van der Waals surface area contributed by atoms with Gasteiger partial charge in [-0.2, -0.15) is 4.98 Å². The van der Waals surface area contributed by atoms with Crippen LogP contribution in [0.15, 0.2) is 41.3 Å². The van der Waals surface area contributed by atoms with Gasteiger partial charge in [-0.15, -0.1) is 0 Å². The van der Waals surface area contributed by atoms with Crippen molar-refractivity contribution < 1.29 is 23.8 Å². The molecule has 4 rings (SSSR count). The molecule has 1 fully saturated rings. The van der Waals surface area contributed by atoms with E-state index in [-0.39, 0.29) is 12.5 Å². The van der Waals surface area contributed by atoms with E-state index in [1.807, 2.05) is 6.92 Å². The molecule has 190 valence electrons. The molecule has 1 amide bonds. The highest BCUT2D eigenvalue weighted by atomic mass is 19.1. The Bertz CT molecular complexity index is 1290. The van der Waals surface area contributed by atoms with Crippen molar-refractivity contribution in [3.05, 3.63) is 69.8 Å². The number of carbonyl (C=O) groups is 1. The van der Waals surface area contributed by atoms with Crippen LogP contribution in [0.1, 0.15) is 54.0 Å². The summed E-state index contributed by atoms with van der Waals surface area (Å²) in [5, 5.41) is 11.4. The van der Waals surface area contributed by atoms with E-state index >= 15 is 0 Å². The number of hydrogen-bond acceptors (Lipinski definition) is 7. The molecule has 0 radical (unpaired) electrons. The van der Waals surface area contributed by atoms with Gasteiger partial charge in [0.2, 0.25) is 5.88 Å². The van der Waals surface area contributed by atoms with Crippen molar-refractivity contribution in [2.45, 2.75) is 38.5 Å². The Morgan fingerprint density at radius 3 is 2.53 bits per heavy atom. The van der Waals surface area contributed by atoms with Gasteiger partial charge in [0.25, 0.3) is 11.5 Å². The molecule has 1 atom stereocenters. The van der Waals surface area contributed by atoms with Gasteiger partial charge in [0.05, 0.1) is 20.4 Å². The van der Waals surface area contributed by atoms with Gasteiger partial charge in [-0.1, -0.05) is 19.4 Å². The Labute approximate surface area is 208 Å². The van der Waals surface area contributed by atoms with Crippen LogP contribution in [-0.4, -0.2) is 57.8 Å². The third-order valence-corrected chi connectivity index (χ3v) is 6.38. The summed E-state index contributed by atoms with van der Waals surface area (Å²) in [6.45, 7) is 2.65. The fourth-order valence-electron chi connectivity index (χ4n) is 4.50. The molecule has 10 heteroatoms. The van der Waals surface area contributed by atoms with Gasteiger partial charge in [-0.05, 0) is 37.1 Å². The lowest BCUT2D eigenvalue weighted by atomic mass is 10.0. The van der Waals surface area contributed by atoms with Gasteiger partial charge >= 0.3 is 0 Å². The van der Waals surface area contributed by atoms with Crippen molar-refractivity contribution in [3.8, 4) is 23.1 Å². The van der Waals surface area contributed by atoms with Gasteiger partial charge < -0.3 is 19.5 Å². The number of methoxy groups -OCH3 is 2. The molecule has 1 aliphatic rings. The molecule has 36 heavy (non-hydrogen) atoms. The lowest BCUT2D eigenvalue weighted by molar-refractivity contribution is 0.0784. The second-order valence-corrected chi connectivity index (χ2v) is 8.62. The predicted molar refractivity (Wildman–Crippen MR) is 131 cm³/mol. The Morgan fingerprint density at radius 2 is 1.92 bits per heavy atom. The molecule has 2 aromatic heterocycles. The average Bonchev–Trinajstić information content (AvgIpc) is 3.38. The molecule has 9 nitrogen and oxygen atoms in total. The number of pyridine rings is 1. The smallest absolute Gasteiger partial charge is 0.289 e. The molecule has 3 heterocycles.